The molecule has 1 amide bonds. The molecule has 0 aromatic rings. The smallest absolute Gasteiger partial charge is 0.306 e. The summed E-state index contributed by atoms with van der Waals surface area (Å²) in [6.45, 7) is 9.41. The van der Waals surface area contributed by atoms with Gasteiger partial charge in [-0.05, 0) is 27.2 Å². The van der Waals surface area contributed by atoms with Crippen molar-refractivity contribution >= 4 is 11.9 Å². The van der Waals surface area contributed by atoms with E-state index >= 15 is 0 Å². The van der Waals surface area contributed by atoms with Crippen molar-refractivity contribution in [3.05, 3.63) is 0 Å². The number of esters is 1. The number of carbonyl (C=O) groups excluding carboxylic acids is 2. The summed E-state index contributed by atoms with van der Waals surface area (Å²) in [5.41, 5.74) is 4.46. The van der Waals surface area contributed by atoms with Crippen LogP contribution in [0.25, 0.3) is 0 Å². The average Bonchev–Trinajstić information content (AvgIpc) is 2.03. The summed E-state index contributed by atoms with van der Waals surface area (Å²) < 4.78 is 5.03. The lowest BCUT2D eigenvalue weighted by atomic mass is 10.2. The van der Waals surface area contributed by atoms with Crippen molar-refractivity contribution in [1.29, 1.82) is 0 Å². The van der Waals surface area contributed by atoms with Gasteiger partial charge in [0.1, 0.15) is 5.60 Å². The summed E-state index contributed by atoms with van der Waals surface area (Å²) in [7, 11) is 0. The van der Waals surface area contributed by atoms with Gasteiger partial charge in [-0.2, -0.15) is 0 Å². The number of primary amides is 1. The second-order valence-electron chi connectivity index (χ2n) is 3.91. The van der Waals surface area contributed by atoms with Gasteiger partial charge in [-0.1, -0.05) is 13.8 Å². The molecule has 0 aliphatic rings. The molecule has 0 aliphatic heterocycles. The molecule has 90 valence electrons. The minimum atomic E-state index is -0.455. The second-order valence-corrected chi connectivity index (χ2v) is 3.91. The van der Waals surface area contributed by atoms with Gasteiger partial charge in [0.05, 0.1) is 0 Å². The minimum Gasteiger partial charge on any atom is -0.460 e. The van der Waals surface area contributed by atoms with E-state index < -0.39 is 5.60 Å². The van der Waals surface area contributed by atoms with Gasteiger partial charge in [0, 0.05) is 12.8 Å². The highest BCUT2D eigenvalue weighted by Gasteiger charge is 2.15. The number of nitrogens with two attached hydrogens (primary N) is 1. The average molecular weight is 217 g/mol. The van der Waals surface area contributed by atoms with Gasteiger partial charge in [-0.3, -0.25) is 9.59 Å². The van der Waals surface area contributed by atoms with Crippen LogP contribution in [0.4, 0.5) is 0 Å². The lowest BCUT2D eigenvalue weighted by Gasteiger charge is -2.19. The molecule has 4 nitrogen and oxygen atoms in total. The SMILES string of the molecule is CC.CC(C)(C)OC(=O)CCCC(N)=O. The van der Waals surface area contributed by atoms with Crippen LogP contribution in [-0.4, -0.2) is 17.5 Å². The molecular weight excluding hydrogens is 194 g/mol. The summed E-state index contributed by atoms with van der Waals surface area (Å²) in [6, 6.07) is 0. The molecule has 0 spiro atoms. The lowest BCUT2D eigenvalue weighted by molar-refractivity contribution is -0.154. The zero-order valence-corrected chi connectivity index (χ0v) is 10.4. The molecular formula is C11H23NO3. The van der Waals surface area contributed by atoms with Crippen LogP contribution < -0.4 is 5.73 Å². The Kier molecular flexibility index (Phi) is 9.02. The quantitative estimate of drug-likeness (QED) is 0.732. The van der Waals surface area contributed by atoms with Crippen LogP contribution in [0.3, 0.4) is 0 Å². The first kappa shape index (κ1) is 16.4. The lowest BCUT2D eigenvalue weighted by Crippen LogP contribution is -2.24. The van der Waals surface area contributed by atoms with Crippen molar-refractivity contribution in [2.24, 2.45) is 5.73 Å². The molecule has 4 heteroatoms. The van der Waals surface area contributed by atoms with Crippen LogP contribution in [0.2, 0.25) is 0 Å². The minimum absolute atomic E-state index is 0.235. The van der Waals surface area contributed by atoms with Crippen molar-refractivity contribution in [3.63, 3.8) is 0 Å². The topological polar surface area (TPSA) is 69.4 Å². The summed E-state index contributed by atoms with van der Waals surface area (Å²) in [5.74, 6) is -0.669. The molecule has 0 rings (SSSR count). The number of rotatable bonds is 4. The Bertz CT molecular complexity index is 194. The molecule has 0 unspecified atom stereocenters. The number of amides is 1. The van der Waals surface area contributed by atoms with Crippen molar-refractivity contribution in [2.75, 3.05) is 0 Å². The Morgan fingerprint density at radius 2 is 1.60 bits per heavy atom. The molecule has 0 fully saturated rings. The van der Waals surface area contributed by atoms with E-state index in [1.54, 1.807) is 20.8 Å². The maximum Gasteiger partial charge on any atom is 0.306 e. The summed E-state index contributed by atoms with van der Waals surface area (Å²) in [6.07, 6.45) is 0.948. The van der Waals surface area contributed by atoms with E-state index in [4.69, 9.17) is 10.5 Å². The van der Waals surface area contributed by atoms with E-state index in [9.17, 15) is 9.59 Å². The van der Waals surface area contributed by atoms with Crippen molar-refractivity contribution in [3.8, 4) is 0 Å². The van der Waals surface area contributed by atoms with Gasteiger partial charge in [0.15, 0.2) is 0 Å². The third-order valence-corrected chi connectivity index (χ3v) is 1.22. The van der Waals surface area contributed by atoms with E-state index in [0.717, 1.165) is 0 Å². The molecule has 0 saturated carbocycles. The molecule has 0 bridgehead atoms. The maximum atomic E-state index is 11.1. The number of ether oxygens (including phenoxy) is 1. The fraction of sp³-hybridized carbons (Fsp3) is 0.818. The van der Waals surface area contributed by atoms with E-state index in [0.29, 0.717) is 6.42 Å². The monoisotopic (exact) mass is 217 g/mol. The largest absolute Gasteiger partial charge is 0.460 e. The van der Waals surface area contributed by atoms with Gasteiger partial charge in [0.2, 0.25) is 5.91 Å². The summed E-state index contributed by atoms with van der Waals surface area (Å²) >= 11 is 0. The van der Waals surface area contributed by atoms with Crippen molar-refractivity contribution in [2.45, 2.75) is 59.5 Å². The molecule has 0 aromatic heterocycles. The Balaban J connectivity index is 0. The third-order valence-electron chi connectivity index (χ3n) is 1.22. The number of carbonyl (C=O) groups is 2. The van der Waals surface area contributed by atoms with Crippen LogP contribution in [0.5, 0.6) is 0 Å². The Hall–Kier alpha value is -1.06. The fourth-order valence-electron chi connectivity index (χ4n) is 0.799. The highest BCUT2D eigenvalue weighted by Crippen LogP contribution is 2.09. The number of hydrogen-bond donors (Lipinski definition) is 1. The van der Waals surface area contributed by atoms with Crippen molar-refractivity contribution < 1.29 is 14.3 Å². The Morgan fingerprint density at radius 3 is 1.93 bits per heavy atom. The number of hydrogen-bond acceptors (Lipinski definition) is 3. The predicted octanol–water partition coefficient (Wildman–Crippen LogP) is 2.01. The van der Waals surface area contributed by atoms with Gasteiger partial charge >= 0.3 is 5.97 Å². The normalized spacial score (nSPS) is 9.93. The maximum absolute atomic E-state index is 11.1. The standard InChI is InChI=1S/C9H17NO3.C2H6/c1-9(2,3)13-8(12)6-4-5-7(10)11;1-2/h4-6H2,1-3H3,(H2,10,11);1-2H3. The zero-order chi connectivity index (χ0) is 12.5. The van der Waals surface area contributed by atoms with Gasteiger partial charge in [-0.25, -0.2) is 0 Å². The van der Waals surface area contributed by atoms with Crippen LogP contribution in [0.1, 0.15) is 53.9 Å². The Morgan fingerprint density at radius 1 is 1.13 bits per heavy atom. The zero-order valence-electron chi connectivity index (χ0n) is 10.4. The van der Waals surface area contributed by atoms with Crippen molar-refractivity contribution in [1.82, 2.24) is 0 Å². The van der Waals surface area contributed by atoms with Gasteiger partial charge in [0.25, 0.3) is 0 Å². The van der Waals surface area contributed by atoms with E-state index in [-0.39, 0.29) is 24.7 Å². The van der Waals surface area contributed by atoms with E-state index in [1.807, 2.05) is 13.8 Å². The van der Waals surface area contributed by atoms with Crippen LogP contribution in [0, 0.1) is 0 Å². The van der Waals surface area contributed by atoms with Crippen LogP contribution in [0.15, 0.2) is 0 Å². The highest BCUT2D eigenvalue weighted by atomic mass is 16.6. The molecule has 0 aromatic carbocycles. The van der Waals surface area contributed by atoms with Gasteiger partial charge in [-0.15, -0.1) is 0 Å². The van der Waals surface area contributed by atoms with Crippen LogP contribution in [-0.2, 0) is 14.3 Å². The molecule has 0 aliphatic carbocycles. The third kappa shape index (κ3) is 15.7. The first-order valence-corrected chi connectivity index (χ1v) is 5.31. The van der Waals surface area contributed by atoms with E-state index in [1.165, 1.54) is 0 Å². The molecule has 0 atom stereocenters. The Labute approximate surface area is 92.2 Å². The predicted molar refractivity (Wildman–Crippen MR) is 60.2 cm³/mol. The van der Waals surface area contributed by atoms with Gasteiger partial charge < -0.3 is 10.5 Å². The first-order chi connectivity index (χ1) is 6.81. The second kappa shape index (κ2) is 8.26. The van der Waals surface area contributed by atoms with Crippen LogP contribution >= 0.6 is 0 Å². The first-order valence-electron chi connectivity index (χ1n) is 5.31. The molecule has 15 heavy (non-hydrogen) atoms. The summed E-state index contributed by atoms with van der Waals surface area (Å²) in [5, 5.41) is 0. The summed E-state index contributed by atoms with van der Waals surface area (Å²) in [4.78, 5) is 21.4. The molecule has 0 radical (unpaired) electrons. The highest BCUT2D eigenvalue weighted by molar-refractivity contribution is 5.75. The molecule has 0 heterocycles. The molecule has 0 saturated heterocycles. The van der Waals surface area contributed by atoms with E-state index in [2.05, 4.69) is 0 Å². The molecule has 2 N–H and O–H groups in total. The fourth-order valence-corrected chi connectivity index (χ4v) is 0.799.